The molecule has 0 N–H and O–H groups in total. The van der Waals surface area contributed by atoms with Gasteiger partial charge in [0.15, 0.2) is 0 Å². The molecule has 0 atom stereocenters. The van der Waals surface area contributed by atoms with Crippen LogP contribution in [0, 0.1) is 0 Å². The molecule has 0 aromatic heterocycles. The van der Waals surface area contributed by atoms with E-state index in [1.807, 2.05) is 34.7 Å². The van der Waals surface area contributed by atoms with Gasteiger partial charge in [-0.15, -0.1) is 0 Å². The molecule has 74 valence electrons. The minimum absolute atomic E-state index is 0.302. The number of rotatable bonds is 0. The lowest BCUT2D eigenvalue weighted by molar-refractivity contribution is -0.131. The first-order valence-electron chi connectivity index (χ1n) is 5.04. The Bertz CT molecular complexity index is 102. The normalized spacial score (nSPS) is 15.4. The van der Waals surface area contributed by atoms with Gasteiger partial charge in [0.25, 0.3) is 0 Å². The van der Waals surface area contributed by atoms with Gasteiger partial charge in [-0.2, -0.15) is 0 Å². The molecule has 1 rings (SSSR count). The Balaban J connectivity index is 0. The highest BCUT2D eigenvalue weighted by Gasteiger charge is 2.12. The van der Waals surface area contributed by atoms with Gasteiger partial charge in [0.05, 0.1) is 0 Å². The monoisotopic (exact) mass is 173 g/mol. The molecule has 1 aliphatic rings. The molecule has 0 saturated carbocycles. The first kappa shape index (κ1) is 14.0. The molecule has 1 aliphatic heterocycles. The Morgan fingerprint density at radius 3 is 1.83 bits per heavy atom. The molecular formula is C10H23NO. The van der Waals surface area contributed by atoms with Crippen molar-refractivity contribution in [2.24, 2.45) is 0 Å². The topological polar surface area (TPSA) is 20.3 Å². The summed E-state index contributed by atoms with van der Waals surface area (Å²) in [5, 5.41) is 0. The lowest BCUT2D eigenvalue weighted by Gasteiger charge is -2.21. The standard InChI is InChI=1S/C6H11NO.2C2H6/c1-7-5-3-2-4-6(7)8;2*1-2/h2-5H2,1H3;2*1-2H3. The molecule has 1 amide bonds. The molecule has 1 saturated heterocycles. The number of nitrogens with zero attached hydrogens (tertiary/aromatic N) is 1. The quantitative estimate of drug-likeness (QED) is 0.551. The summed E-state index contributed by atoms with van der Waals surface area (Å²) in [6, 6.07) is 0. The third kappa shape index (κ3) is 6.20. The Morgan fingerprint density at radius 1 is 1.08 bits per heavy atom. The average molecular weight is 173 g/mol. The first-order valence-corrected chi connectivity index (χ1v) is 5.04. The molecule has 2 heteroatoms. The zero-order valence-corrected chi connectivity index (χ0v) is 9.18. The fraction of sp³-hybridized carbons (Fsp3) is 0.900. The third-order valence-electron chi connectivity index (χ3n) is 1.56. The molecular weight excluding hydrogens is 150 g/mol. The second-order valence-electron chi connectivity index (χ2n) is 2.27. The lowest BCUT2D eigenvalue weighted by Crippen LogP contribution is -2.31. The number of hydrogen-bond acceptors (Lipinski definition) is 1. The molecule has 12 heavy (non-hydrogen) atoms. The fourth-order valence-electron chi connectivity index (χ4n) is 0.941. The number of amides is 1. The van der Waals surface area contributed by atoms with Gasteiger partial charge in [-0.3, -0.25) is 4.79 Å². The van der Waals surface area contributed by atoms with Crippen LogP contribution in [0.5, 0.6) is 0 Å². The Kier molecular flexibility index (Phi) is 12.2. The number of hydrogen-bond donors (Lipinski definition) is 0. The summed E-state index contributed by atoms with van der Waals surface area (Å²) in [6.45, 7) is 8.96. The van der Waals surface area contributed by atoms with Crippen LogP contribution in [0.2, 0.25) is 0 Å². The van der Waals surface area contributed by atoms with Crippen molar-refractivity contribution in [3.8, 4) is 0 Å². The fourth-order valence-corrected chi connectivity index (χ4v) is 0.941. The van der Waals surface area contributed by atoms with E-state index in [9.17, 15) is 4.79 Å². The van der Waals surface area contributed by atoms with Crippen LogP contribution in [-0.2, 0) is 4.79 Å². The number of piperidine rings is 1. The van der Waals surface area contributed by atoms with E-state index in [0.717, 1.165) is 19.4 Å². The van der Waals surface area contributed by atoms with E-state index in [1.54, 1.807) is 4.90 Å². The van der Waals surface area contributed by atoms with Crippen LogP contribution in [-0.4, -0.2) is 24.4 Å². The molecule has 0 unspecified atom stereocenters. The predicted molar refractivity (Wildman–Crippen MR) is 54.2 cm³/mol. The smallest absolute Gasteiger partial charge is 0.222 e. The molecule has 0 aliphatic carbocycles. The van der Waals surface area contributed by atoms with Crippen molar-refractivity contribution in [3.63, 3.8) is 0 Å². The highest BCUT2D eigenvalue weighted by Crippen LogP contribution is 2.06. The van der Waals surface area contributed by atoms with Crippen molar-refractivity contribution in [1.29, 1.82) is 0 Å². The summed E-state index contributed by atoms with van der Waals surface area (Å²) in [5.74, 6) is 0.302. The number of carbonyl (C=O) groups excluding carboxylic acids is 1. The van der Waals surface area contributed by atoms with Crippen LogP contribution >= 0.6 is 0 Å². The molecule has 0 spiro atoms. The van der Waals surface area contributed by atoms with Crippen molar-refractivity contribution in [2.75, 3.05) is 13.6 Å². The summed E-state index contributed by atoms with van der Waals surface area (Å²) in [7, 11) is 1.86. The average Bonchev–Trinajstić information content (AvgIpc) is 2.17. The molecule has 1 heterocycles. The first-order chi connectivity index (χ1) is 5.80. The Labute approximate surface area is 77.0 Å². The zero-order valence-electron chi connectivity index (χ0n) is 9.18. The lowest BCUT2D eigenvalue weighted by atomic mass is 10.1. The van der Waals surface area contributed by atoms with Gasteiger partial charge in [0.2, 0.25) is 5.91 Å². The van der Waals surface area contributed by atoms with Crippen molar-refractivity contribution in [1.82, 2.24) is 4.90 Å². The molecule has 0 bridgehead atoms. The van der Waals surface area contributed by atoms with Crippen LogP contribution in [0.1, 0.15) is 47.0 Å². The molecule has 0 aromatic rings. The highest BCUT2D eigenvalue weighted by atomic mass is 16.2. The molecule has 2 nitrogen and oxygen atoms in total. The van der Waals surface area contributed by atoms with Crippen LogP contribution in [0.25, 0.3) is 0 Å². The van der Waals surface area contributed by atoms with E-state index in [0.29, 0.717) is 5.91 Å². The largest absolute Gasteiger partial charge is 0.346 e. The second kappa shape index (κ2) is 10.5. The van der Waals surface area contributed by atoms with Crippen LogP contribution in [0.3, 0.4) is 0 Å². The van der Waals surface area contributed by atoms with Gasteiger partial charge in [0.1, 0.15) is 0 Å². The van der Waals surface area contributed by atoms with E-state index in [4.69, 9.17) is 0 Å². The zero-order chi connectivity index (χ0) is 9.98. The van der Waals surface area contributed by atoms with Crippen LogP contribution in [0.15, 0.2) is 0 Å². The summed E-state index contributed by atoms with van der Waals surface area (Å²) in [4.78, 5) is 12.5. The second-order valence-corrected chi connectivity index (χ2v) is 2.27. The molecule has 1 fully saturated rings. The van der Waals surface area contributed by atoms with Gasteiger partial charge in [-0.05, 0) is 12.8 Å². The van der Waals surface area contributed by atoms with Crippen molar-refractivity contribution < 1.29 is 4.79 Å². The van der Waals surface area contributed by atoms with E-state index < -0.39 is 0 Å². The molecule has 0 aromatic carbocycles. The SMILES string of the molecule is CC.CC.CN1CCCCC1=O. The Morgan fingerprint density at radius 2 is 1.58 bits per heavy atom. The van der Waals surface area contributed by atoms with E-state index >= 15 is 0 Å². The van der Waals surface area contributed by atoms with Crippen molar-refractivity contribution in [2.45, 2.75) is 47.0 Å². The maximum Gasteiger partial charge on any atom is 0.222 e. The van der Waals surface area contributed by atoms with E-state index in [2.05, 4.69) is 0 Å². The van der Waals surface area contributed by atoms with Gasteiger partial charge in [-0.25, -0.2) is 0 Å². The van der Waals surface area contributed by atoms with Gasteiger partial charge in [0, 0.05) is 20.0 Å². The van der Waals surface area contributed by atoms with Crippen LogP contribution in [0.4, 0.5) is 0 Å². The molecule has 0 radical (unpaired) electrons. The summed E-state index contributed by atoms with van der Waals surface area (Å²) in [5.41, 5.74) is 0. The maximum atomic E-state index is 10.7. The van der Waals surface area contributed by atoms with Crippen molar-refractivity contribution >= 4 is 5.91 Å². The minimum Gasteiger partial charge on any atom is -0.346 e. The minimum atomic E-state index is 0.302. The summed E-state index contributed by atoms with van der Waals surface area (Å²) < 4.78 is 0. The van der Waals surface area contributed by atoms with Crippen molar-refractivity contribution in [3.05, 3.63) is 0 Å². The van der Waals surface area contributed by atoms with Gasteiger partial charge in [-0.1, -0.05) is 27.7 Å². The highest BCUT2D eigenvalue weighted by molar-refractivity contribution is 5.76. The van der Waals surface area contributed by atoms with Gasteiger partial charge >= 0.3 is 0 Å². The summed E-state index contributed by atoms with van der Waals surface area (Å²) in [6.07, 6.45) is 3.03. The van der Waals surface area contributed by atoms with E-state index in [-0.39, 0.29) is 0 Å². The summed E-state index contributed by atoms with van der Waals surface area (Å²) >= 11 is 0. The number of carbonyl (C=O) groups is 1. The predicted octanol–water partition coefficient (Wildman–Crippen LogP) is 2.68. The van der Waals surface area contributed by atoms with Gasteiger partial charge < -0.3 is 4.90 Å². The number of likely N-dealkylation sites (tertiary alicyclic amines) is 1. The Hall–Kier alpha value is -0.530. The maximum absolute atomic E-state index is 10.7. The third-order valence-corrected chi connectivity index (χ3v) is 1.56. The van der Waals surface area contributed by atoms with Crippen LogP contribution < -0.4 is 0 Å². The van der Waals surface area contributed by atoms with E-state index in [1.165, 1.54) is 6.42 Å².